The number of rotatable bonds is 5. The Morgan fingerprint density at radius 2 is 2.15 bits per heavy atom. The molecule has 1 atom stereocenters. The molecule has 4 rings (SSSR count). The summed E-state index contributed by atoms with van der Waals surface area (Å²) in [5.74, 6) is 1.24. The average Bonchev–Trinajstić information content (AvgIpc) is 3.33. The van der Waals surface area contributed by atoms with Crippen LogP contribution in [0.5, 0.6) is 0 Å². The van der Waals surface area contributed by atoms with Crippen LogP contribution in [0.2, 0.25) is 0 Å². The van der Waals surface area contributed by atoms with Crippen LogP contribution in [0.4, 0.5) is 0 Å². The van der Waals surface area contributed by atoms with E-state index in [0.29, 0.717) is 24.5 Å². The minimum absolute atomic E-state index is 0.204. The van der Waals surface area contributed by atoms with Gasteiger partial charge in [-0.1, -0.05) is 0 Å². The highest BCUT2D eigenvalue weighted by molar-refractivity contribution is 5.76. The first-order chi connectivity index (χ1) is 13.1. The van der Waals surface area contributed by atoms with Gasteiger partial charge in [0.15, 0.2) is 0 Å². The van der Waals surface area contributed by atoms with Crippen molar-refractivity contribution in [1.82, 2.24) is 39.2 Å². The van der Waals surface area contributed by atoms with E-state index in [4.69, 9.17) is 0 Å². The molecule has 1 aliphatic rings. The van der Waals surface area contributed by atoms with Crippen LogP contribution in [0.1, 0.15) is 36.2 Å². The normalized spacial score (nSPS) is 17.6. The van der Waals surface area contributed by atoms with Gasteiger partial charge >= 0.3 is 0 Å². The topological polar surface area (TPSA) is 94.1 Å². The molecule has 0 spiro atoms. The first kappa shape index (κ1) is 17.6. The molecule has 0 saturated carbocycles. The molecule has 9 heteroatoms. The van der Waals surface area contributed by atoms with E-state index in [0.717, 1.165) is 49.4 Å². The molecule has 4 heterocycles. The van der Waals surface area contributed by atoms with Gasteiger partial charge in [0, 0.05) is 37.4 Å². The van der Waals surface area contributed by atoms with Crippen molar-refractivity contribution in [3.8, 4) is 0 Å². The van der Waals surface area contributed by atoms with Crippen molar-refractivity contribution in [1.29, 1.82) is 0 Å². The lowest BCUT2D eigenvalue weighted by molar-refractivity contribution is -0.133. The second kappa shape index (κ2) is 7.42. The second-order valence-corrected chi connectivity index (χ2v) is 7.20. The van der Waals surface area contributed by atoms with Gasteiger partial charge in [-0.2, -0.15) is 15.2 Å². The van der Waals surface area contributed by atoms with Gasteiger partial charge < -0.3 is 4.90 Å². The lowest BCUT2D eigenvalue weighted by atomic mass is 9.97. The Morgan fingerprint density at radius 3 is 2.96 bits per heavy atom. The summed E-state index contributed by atoms with van der Waals surface area (Å²) in [7, 11) is 0. The Bertz CT molecular complexity index is 932. The van der Waals surface area contributed by atoms with Crippen LogP contribution in [-0.2, 0) is 17.8 Å². The number of likely N-dealkylation sites (tertiary alicyclic amines) is 1. The van der Waals surface area contributed by atoms with E-state index < -0.39 is 0 Å². The van der Waals surface area contributed by atoms with Gasteiger partial charge in [0.1, 0.15) is 19.0 Å². The summed E-state index contributed by atoms with van der Waals surface area (Å²) in [5.41, 5.74) is 3.01. The molecule has 142 valence electrons. The molecule has 1 aliphatic heterocycles. The number of piperidine rings is 1. The molecular formula is C18H24N8O. The second-order valence-electron chi connectivity index (χ2n) is 7.20. The van der Waals surface area contributed by atoms with E-state index in [-0.39, 0.29) is 5.91 Å². The van der Waals surface area contributed by atoms with Gasteiger partial charge in [0.25, 0.3) is 5.78 Å². The minimum atomic E-state index is 0.204. The monoisotopic (exact) mass is 368 g/mol. The summed E-state index contributed by atoms with van der Waals surface area (Å²) in [6, 6.07) is 0. The molecule has 0 N–H and O–H groups in total. The van der Waals surface area contributed by atoms with Crippen molar-refractivity contribution < 1.29 is 4.79 Å². The van der Waals surface area contributed by atoms with Gasteiger partial charge in [0.2, 0.25) is 5.91 Å². The number of aryl methyl sites for hydroxylation is 2. The van der Waals surface area contributed by atoms with Crippen LogP contribution in [0.3, 0.4) is 0 Å². The van der Waals surface area contributed by atoms with Crippen molar-refractivity contribution in [2.75, 3.05) is 13.1 Å². The number of hydrogen-bond acceptors (Lipinski definition) is 6. The van der Waals surface area contributed by atoms with Gasteiger partial charge in [-0.05, 0) is 44.6 Å². The number of carbonyl (C=O) groups is 1. The van der Waals surface area contributed by atoms with Crippen molar-refractivity contribution in [2.24, 2.45) is 5.92 Å². The quantitative estimate of drug-likeness (QED) is 0.672. The molecule has 0 bridgehead atoms. The molecule has 0 radical (unpaired) electrons. The molecule has 3 aromatic heterocycles. The standard InChI is InChI=1S/C18H24N8O/c1-13-16(14(2)26-18(23-13)20-11-22-26)5-6-17(27)24-7-3-4-15(8-24)9-25-12-19-10-21-25/h10-12,15H,3-9H2,1-2H3. The van der Waals surface area contributed by atoms with Gasteiger partial charge in [0.05, 0.1) is 0 Å². The Kier molecular flexibility index (Phi) is 4.83. The van der Waals surface area contributed by atoms with Crippen molar-refractivity contribution >= 4 is 11.7 Å². The first-order valence-electron chi connectivity index (χ1n) is 9.38. The van der Waals surface area contributed by atoms with Crippen molar-refractivity contribution in [2.45, 2.75) is 46.1 Å². The molecule has 3 aromatic rings. The van der Waals surface area contributed by atoms with Crippen LogP contribution in [-0.4, -0.2) is 58.2 Å². The molecule has 0 aliphatic carbocycles. The van der Waals surface area contributed by atoms with E-state index in [1.165, 1.54) is 6.33 Å². The van der Waals surface area contributed by atoms with E-state index in [1.54, 1.807) is 17.2 Å². The van der Waals surface area contributed by atoms with Crippen molar-refractivity contribution in [3.63, 3.8) is 0 Å². The van der Waals surface area contributed by atoms with Crippen LogP contribution >= 0.6 is 0 Å². The maximum Gasteiger partial charge on any atom is 0.252 e. The van der Waals surface area contributed by atoms with Gasteiger partial charge in [-0.3, -0.25) is 9.48 Å². The Labute approximate surface area is 157 Å². The van der Waals surface area contributed by atoms with Crippen LogP contribution in [0.25, 0.3) is 5.78 Å². The third kappa shape index (κ3) is 3.67. The van der Waals surface area contributed by atoms with E-state index in [9.17, 15) is 4.79 Å². The molecule has 9 nitrogen and oxygen atoms in total. The van der Waals surface area contributed by atoms with Gasteiger partial charge in [-0.15, -0.1) is 0 Å². The highest BCUT2D eigenvalue weighted by Gasteiger charge is 2.24. The molecular weight excluding hydrogens is 344 g/mol. The fourth-order valence-electron chi connectivity index (χ4n) is 3.94. The Balaban J connectivity index is 1.39. The van der Waals surface area contributed by atoms with Gasteiger partial charge in [-0.25, -0.2) is 14.5 Å². The lowest BCUT2D eigenvalue weighted by Crippen LogP contribution is -2.41. The highest BCUT2D eigenvalue weighted by Crippen LogP contribution is 2.20. The summed E-state index contributed by atoms with van der Waals surface area (Å²) in [6.07, 6.45) is 8.11. The number of hydrogen-bond donors (Lipinski definition) is 0. The number of fused-ring (bicyclic) bond motifs is 1. The molecule has 1 unspecified atom stereocenters. The zero-order valence-electron chi connectivity index (χ0n) is 15.7. The Morgan fingerprint density at radius 1 is 1.26 bits per heavy atom. The number of amides is 1. The molecule has 1 saturated heterocycles. The van der Waals surface area contributed by atoms with E-state index in [2.05, 4.69) is 25.1 Å². The molecule has 27 heavy (non-hydrogen) atoms. The third-order valence-electron chi connectivity index (χ3n) is 5.36. The van der Waals surface area contributed by atoms with Crippen LogP contribution < -0.4 is 0 Å². The predicted octanol–water partition coefficient (Wildman–Crippen LogP) is 1.20. The van der Waals surface area contributed by atoms with Crippen molar-refractivity contribution in [3.05, 3.63) is 35.9 Å². The summed E-state index contributed by atoms with van der Waals surface area (Å²) >= 11 is 0. The summed E-state index contributed by atoms with van der Waals surface area (Å²) in [5, 5.41) is 8.39. The van der Waals surface area contributed by atoms with E-state index in [1.807, 2.05) is 23.4 Å². The fraction of sp³-hybridized carbons (Fsp3) is 0.556. The summed E-state index contributed by atoms with van der Waals surface area (Å²) in [4.78, 5) is 27.4. The smallest absolute Gasteiger partial charge is 0.252 e. The maximum absolute atomic E-state index is 12.8. The number of aromatic nitrogens is 7. The van der Waals surface area contributed by atoms with Crippen LogP contribution in [0.15, 0.2) is 19.0 Å². The first-order valence-corrected chi connectivity index (χ1v) is 9.38. The third-order valence-corrected chi connectivity index (χ3v) is 5.36. The summed E-state index contributed by atoms with van der Waals surface area (Å²) in [6.45, 7) is 6.42. The zero-order valence-corrected chi connectivity index (χ0v) is 15.7. The summed E-state index contributed by atoms with van der Waals surface area (Å²) < 4.78 is 3.59. The molecule has 0 aromatic carbocycles. The zero-order chi connectivity index (χ0) is 18.8. The van der Waals surface area contributed by atoms with Crippen LogP contribution in [0, 0.1) is 19.8 Å². The average molecular weight is 368 g/mol. The Hall–Kier alpha value is -2.84. The highest BCUT2D eigenvalue weighted by atomic mass is 16.2. The maximum atomic E-state index is 12.8. The molecule has 1 fully saturated rings. The predicted molar refractivity (Wildman–Crippen MR) is 97.9 cm³/mol. The minimum Gasteiger partial charge on any atom is -0.342 e. The number of nitrogens with zero attached hydrogens (tertiary/aromatic N) is 8. The number of carbonyl (C=O) groups excluding carboxylic acids is 1. The van der Waals surface area contributed by atoms with E-state index >= 15 is 0 Å². The fourth-order valence-corrected chi connectivity index (χ4v) is 3.94. The molecule has 1 amide bonds. The lowest BCUT2D eigenvalue weighted by Gasteiger charge is -2.32. The largest absolute Gasteiger partial charge is 0.342 e. The SMILES string of the molecule is Cc1nc2ncnn2c(C)c1CCC(=O)N1CCCC(Cn2cncn2)C1.